The lowest BCUT2D eigenvalue weighted by atomic mass is 9.94. The molecule has 0 amide bonds. The molecule has 0 spiro atoms. The van der Waals surface area contributed by atoms with Gasteiger partial charge in [0.05, 0.1) is 17.5 Å². The van der Waals surface area contributed by atoms with Gasteiger partial charge in [-0.3, -0.25) is 4.98 Å². The number of piperidine rings is 1. The van der Waals surface area contributed by atoms with Crippen molar-refractivity contribution >= 4 is 27.5 Å². The molecule has 3 atom stereocenters. The summed E-state index contributed by atoms with van der Waals surface area (Å²) in [6, 6.07) is 5.86. The standard InChI is InChI=1S/C28H28F2N4O2/c1-4-17-20(29)6-5-15-9-16(35)10-18(23(15)17)25-24(30)26-19(11-31-25)28(33-27(32-26)13(2)3)34-12-14-7-21(34)22(36)8-14/h5-6,9-11,13-14,21-22,35-36H,4,7-8,12H2,1-3H3/t14-,21+,22+/m0/s1. The molecule has 2 aliphatic rings. The highest BCUT2D eigenvalue weighted by molar-refractivity contribution is 6.01. The van der Waals surface area contributed by atoms with Gasteiger partial charge in [-0.25, -0.2) is 18.7 Å². The molecule has 1 saturated carbocycles. The van der Waals surface area contributed by atoms with E-state index >= 15 is 4.39 Å². The molecule has 0 radical (unpaired) electrons. The molecule has 6 rings (SSSR count). The molecule has 1 aliphatic heterocycles. The first kappa shape index (κ1) is 23.0. The Hall–Kier alpha value is -3.39. The quantitative estimate of drug-likeness (QED) is 0.395. The van der Waals surface area contributed by atoms with Crippen molar-refractivity contribution in [1.82, 2.24) is 15.0 Å². The lowest BCUT2D eigenvalue weighted by Crippen LogP contribution is -2.41. The highest BCUT2D eigenvalue weighted by Gasteiger charge is 2.45. The van der Waals surface area contributed by atoms with Gasteiger partial charge >= 0.3 is 0 Å². The zero-order valence-corrected chi connectivity index (χ0v) is 20.5. The minimum absolute atomic E-state index is 0.00559. The number of aliphatic hydroxyl groups excluding tert-OH is 1. The molecule has 2 N–H and O–H groups in total. The van der Waals surface area contributed by atoms with Gasteiger partial charge in [-0.15, -0.1) is 0 Å². The molecule has 4 aromatic rings. The van der Waals surface area contributed by atoms with Crippen molar-refractivity contribution in [3.63, 3.8) is 0 Å². The SMILES string of the molecule is CCc1c(F)ccc2cc(O)cc(-c3ncc4c(N5C[C@@H]6C[C@@H](O)[C@H]5C6)nc(C(C)C)nc4c3F)c12. The Morgan fingerprint density at radius 1 is 1.14 bits per heavy atom. The zero-order chi connectivity index (χ0) is 25.3. The summed E-state index contributed by atoms with van der Waals surface area (Å²) in [4.78, 5) is 15.9. The number of nitrogens with zero attached hydrogens (tertiary/aromatic N) is 4. The van der Waals surface area contributed by atoms with Crippen molar-refractivity contribution in [2.24, 2.45) is 5.92 Å². The topological polar surface area (TPSA) is 82.4 Å². The number of aromatic hydroxyl groups is 1. The van der Waals surface area contributed by atoms with Crippen LogP contribution in [-0.4, -0.2) is 43.9 Å². The van der Waals surface area contributed by atoms with Crippen molar-refractivity contribution in [2.75, 3.05) is 11.4 Å². The third-order valence-corrected chi connectivity index (χ3v) is 7.68. The Labute approximate surface area is 207 Å². The number of hydrogen-bond donors (Lipinski definition) is 2. The fourth-order valence-electron chi connectivity index (χ4n) is 5.99. The third kappa shape index (κ3) is 3.42. The van der Waals surface area contributed by atoms with E-state index in [9.17, 15) is 14.6 Å². The molecule has 2 aromatic heterocycles. The van der Waals surface area contributed by atoms with Crippen LogP contribution >= 0.6 is 0 Å². The van der Waals surface area contributed by atoms with Gasteiger partial charge < -0.3 is 15.1 Å². The second-order valence-corrected chi connectivity index (χ2v) is 10.3. The number of rotatable bonds is 4. The fourth-order valence-corrected chi connectivity index (χ4v) is 5.99. The molecule has 186 valence electrons. The largest absolute Gasteiger partial charge is 0.508 e. The minimum Gasteiger partial charge on any atom is -0.508 e. The Bertz CT molecular complexity index is 1520. The summed E-state index contributed by atoms with van der Waals surface area (Å²) in [5.41, 5.74) is 0.905. The van der Waals surface area contributed by atoms with Crippen LogP contribution in [0.15, 0.2) is 30.5 Å². The molecule has 6 nitrogen and oxygen atoms in total. The summed E-state index contributed by atoms with van der Waals surface area (Å²) in [5.74, 6) is 0.363. The zero-order valence-electron chi connectivity index (χ0n) is 20.5. The molecule has 1 saturated heterocycles. The number of anilines is 1. The van der Waals surface area contributed by atoms with Gasteiger partial charge in [-0.05, 0) is 59.7 Å². The van der Waals surface area contributed by atoms with E-state index in [0.717, 1.165) is 19.4 Å². The smallest absolute Gasteiger partial charge is 0.175 e. The lowest BCUT2D eigenvalue weighted by Gasteiger charge is -2.32. The van der Waals surface area contributed by atoms with Crippen molar-refractivity contribution in [3.8, 4) is 17.0 Å². The Balaban J connectivity index is 1.62. The summed E-state index contributed by atoms with van der Waals surface area (Å²) in [5, 5.41) is 22.5. The van der Waals surface area contributed by atoms with Crippen LogP contribution in [0.3, 0.4) is 0 Å². The highest BCUT2D eigenvalue weighted by atomic mass is 19.1. The molecule has 36 heavy (non-hydrogen) atoms. The van der Waals surface area contributed by atoms with E-state index in [-0.39, 0.29) is 34.7 Å². The van der Waals surface area contributed by atoms with Crippen LogP contribution in [0.5, 0.6) is 5.75 Å². The molecule has 2 bridgehead atoms. The minimum atomic E-state index is -0.638. The Morgan fingerprint density at radius 2 is 1.94 bits per heavy atom. The second kappa shape index (κ2) is 8.34. The van der Waals surface area contributed by atoms with Gasteiger partial charge in [-0.1, -0.05) is 26.8 Å². The summed E-state index contributed by atoms with van der Waals surface area (Å²) in [6.45, 7) is 6.50. The summed E-state index contributed by atoms with van der Waals surface area (Å²) in [7, 11) is 0. The van der Waals surface area contributed by atoms with E-state index in [0.29, 0.717) is 51.3 Å². The average molecular weight is 491 g/mol. The van der Waals surface area contributed by atoms with E-state index in [1.54, 1.807) is 18.3 Å². The first-order valence-electron chi connectivity index (χ1n) is 12.5. The maximum atomic E-state index is 16.3. The normalized spacial score (nSPS) is 21.4. The van der Waals surface area contributed by atoms with Gasteiger partial charge in [0.25, 0.3) is 0 Å². The Morgan fingerprint density at radius 3 is 2.64 bits per heavy atom. The van der Waals surface area contributed by atoms with Crippen LogP contribution in [0.1, 0.15) is 50.9 Å². The molecular formula is C28H28F2N4O2. The number of phenols is 1. The number of phenolic OH excluding ortho intramolecular Hbond substituents is 1. The number of aromatic nitrogens is 3. The fraction of sp³-hybridized carbons (Fsp3) is 0.393. The maximum Gasteiger partial charge on any atom is 0.175 e. The van der Waals surface area contributed by atoms with E-state index in [1.807, 2.05) is 20.8 Å². The van der Waals surface area contributed by atoms with E-state index in [4.69, 9.17) is 4.98 Å². The average Bonchev–Trinajstić information content (AvgIpc) is 3.43. The summed E-state index contributed by atoms with van der Waals surface area (Å²) in [6.07, 6.45) is 3.19. The van der Waals surface area contributed by atoms with E-state index < -0.39 is 11.9 Å². The summed E-state index contributed by atoms with van der Waals surface area (Å²) < 4.78 is 31.0. The van der Waals surface area contributed by atoms with Crippen LogP contribution in [0.25, 0.3) is 32.9 Å². The first-order chi connectivity index (χ1) is 17.3. The van der Waals surface area contributed by atoms with Crippen LogP contribution in [0, 0.1) is 17.6 Å². The number of fused-ring (bicyclic) bond motifs is 4. The van der Waals surface area contributed by atoms with Crippen LogP contribution in [0.2, 0.25) is 0 Å². The molecule has 3 heterocycles. The van der Waals surface area contributed by atoms with Crippen LogP contribution in [0.4, 0.5) is 14.6 Å². The predicted octanol–water partition coefficient (Wildman–Crippen LogP) is 5.47. The molecule has 2 fully saturated rings. The number of pyridine rings is 1. The lowest BCUT2D eigenvalue weighted by molar-refractivity contribution is 0.146. The number of halogens is 2. The van der Waals surface area contributed by atoms with Crippen LogP contribution < -0.4 is 4.90 Å². The predicted molar refractivity (Wildman–Crippen MR) is 135 cm³/mol. The van der Waals surface area contributed by atoms with Gasteiger partial charge in [0.15, 0.2) is 5.82 Å². The van der Waals surface area contributed by atoms with Crippen molar-refractivity contribution in [2.45, 2.75) is 58.1 Å². The third-order valence-electron chi connectivity index (χ3n) is 7.68. The van der Waals surface area contributed by atoms with E-state index in [1.165, 1.54) is 12.1 Å². The van der Waals surface area contributed by atoms with Crippen LogP contribution in [-0.2, 0) is 6.42 Å². The molecule has 8 heteroatoms. The van der Waals surface area contributed by atoms with Gasteiger partial charge in [0.2, 0.25) is 0 Å². The number of aliphatic hydroxyl groups is 1. The van der Waals surface area contributed by atoms with Crippen molar-refractivity contribution in [1.29, 1.82) is 0 Å². The van der Waals surface area contributed by atoms with E-state index in [2.05, 4.69) is 14.9 Å². The number of hydrogen-bond acceptors (Lipinski definition) is 6. The van der Waals surface area contributed by atoms with Gasteiger partial charge in [-0.2, -0.15) is 0 Å². The van der Waals surface area contributed by atoms with Gasteiger partial charge in [0.1, 0.15) is 34.4 Å². The maximum absolute atomic E-state index is 16.3. The summed E-state index contributed by atoms with van der Waals surface area (Å²) >= 11 is 0. The highest BCUT2D eigenvalue weighted by Crippen LogP contribution is 2.43. The molecular weight excluding hydrogens is 462 g/mol. The number of benzene rings is 2. The van der Waals surface area contributed by atoms with Crippen molar-refractivity contribution in [3.05, 3.63) is 53.5 Å². The number of aryl methyl sites for hydroxylation is 1. The van der Waals surface area contributed by atoms with Gasteiger partial charge in [0, 0.05) is 24.2 Å². The monoisotopic (exact) mass is 490 g/mol. The molecule has 1 aliphatic carbocycles. The Kier molecular flexibility index (Phi) is 5.33. The first-order valence-corrected chi connectivity index (χ1v) is 12.5. The molecule has 0 unspecified atom stereocenters. The molecule has 2 aromatic carbocycles. The second-order valence-electron chi connectivity index (χ2n) is 10.3. The van der Waals surface area contributed by atoms with Crippen molar-refractivity contribution < 1.29 is 19.0 Å².